The van der Waals surface area contributed by atoms with Crippen molar-refractivity contribution in [1.29, 1.82) is 0 Å². The van der Waals surface area contributed by atoms with Crippen LogP contribution in [-0.4, -0.2) is 58.9 Å². The summed E-state index contributed by atoms with van der Waals surface area (Å²) >= 11 is 0. The maximum atomic E-state index is 12.8. The quantitative estimate of drug-likeness (QED) is 0.776. The Morgan fingerprint density at radius 2 is 1.56 bits per heavy atom. The number of hydrogen-bond donors (Lipinski definition) is 0. The number of aromatic nitrogens is 2. The lowest BCUT2D eigenvalue weighted by Gasteiger charge is -2.36. The highest BCUT2D eigenvalue weighted by Gasteiger charge is 2.43. The average Bonchev–Trinajstić information content (AvgIpc) is 2.97. The highest BCUT2D eigenvalue weighted by atomic mass is 16.2. The zero-order chi connectivity index (χ0) is 17.2. The van der Waals surface area contributed by atoms with Crippen molar-refractivity contribution >= 4 is 23.5 Å². The van der Waals surface area contributed by atoms with E-state index in [4.69, 9.17) is 0 Å². The number of amides is 2. The Kier molecular flexibility index (Phi) is 4.15. The van der Waals surface area contributed by atoms with E-state index in [9.17, 15) is 9.59 Å². The van der Waals surface area contributed by atoms with Crippen molar-refractivity contribution in [3.63, 3.8) is 0 Å². The van der Waals surface area contributed by atoms with Crippen molar-refractivity contribution in [1.82, 2.24) is 14.9 Å². The third-order valence-electron chi connectivity index (χ3n) is 4.73. The highest BCUT2D eigenvalue weighted by Crippen LogP contribution is 2.26. The standard InChI is InChI=1S/C18H19N5O2/c24-16-13-15(17(25)23(16)14-5-2-1-3-6-14)21-9-11-22(12-10-21)18-19-7-4-8-20-18/h1-8,15H,9-13H2. The van der Waals surface area contributed by atoms with Gasteiger partial charge in [-0.25, -0.2) is 14.9 Å². The van der Waals surface area contributed by atoms with Crippen molar-refractivity contribution in [3.8, 4) is 0 Å². The summed E-state index contributed by atoms with van der Waals surface area (Å²) in [5, 5.41) is 0. The third-order valence-corrected chi connectivity index (χ3v) is 4.73. The molecule has 0 spiro atoms. The van der Waals surface area contributed by atoms with Gasteiger partial charge in [0.2, 0.25) is 11.9 Å². The predicted octanol–water partition coefficient (Wildman–Crippen LogP) is 0.931. The molecule has 2 aliphatic rings. The Balaban J connectivity index is 1.44. The van der Waals surface area contributed by atoms with Gasteiger partial charge in [-0.2, -0.15) is 0 Å². The van der Waals surface area contributed by atoms with Crippen LogP contribution in [0.2, 0.25) is 0 Å². The van der Waals surface area contributed by atoms with Gasteiger partial charge in [0.25, 0.3) is 5.91 Å². The molecule has 2 saturated heterocycles. The summed E-state index contributed by atoms with van der Waals surface area (Å²) in [6.45, 7) is 2.91. The molecule has 7 nitrogen and oxygen atoms in total. The van der Waals surface area contributed by atoms with E-state index >= 15 is 0 Å². The van der Waals surface area contributed by atoms with Crippen molar-refractivity contribution in [2.24, 2.45) is 0 Å². The lowest BCUT2D eigenvalue weighted by Crippen LogP contribution is -2.53. The number of para-hydroxylation sites is 1. The zero-order valence-electron chi connectivity index (χ0n) is 13.8. The van der Waals surface area contributed by atoms with Gasteiger partial charge in [0.15, 0.2) is 0 Å². The average molecular weight is 337 g/mol. The Morgan fingerprint density at radius 3 is 2.24 bits per heavy atom. The minimum atomic E-state index is -0.369. The van der Waals surface area contributed by atoms with E-state index in [-0.39, 0.29) is 24.3 Å². The first kappa shape index (κ1) is 15.7. The van der Waals surface area contributed by atoms with Gasteiger partial charge in [-0.15, -0.1) is 0 Å². The molecular weight excluding hydrogens is 318 g/mol. The van der Waals surface area contributed by atoms with Crippen molar-refractivity contribution in [3.05, 3.63) is 48.8 Å². The maximum Gasteiger partial charge on any atom is 0.251 e. The van der Waals surface area contributed by atoms with Crippen LogP contribution >= 0.6 is 0 Å². The largest absolute Gasteiger partial charge is 0.338 e. The normalized spacial score (nSPS) is 21.8. The molecule has 3 heterocycles. The number of hydrogen-bond acceptors (Lipinski definition) is 6. The van der Waals surface area contributed by atoms with Crippen LogP contribution in [0, 0.1) is 0 Å². The summed E-state index contributed by atoms with van der Waals surface area (Å²) in [5.74, 6) is 0.456. The lowest BCUT2D eigenvalue weighted by atomic mass is 10.2. The molecule has 2 amide bonds. The molecule has 128 valence electrons. The van der Waals surface area contributed by atoms with E-state index in [1.54, 1.807) is 30.6 Å². The van der Waals surface area contributed by atoms with Crippen LogP contribution in [-0.2, 0) is 9.59 Å². The summed E-state index contributed by atoms with van der Waals surface area (Å²) in [4.78, 5) is 39.2. The SMILES string of the molecule is O=C1CC(N2CCN(c3ncccn3)CC2)C(=O)N1c1ccccc1. The van der Waals surface area contributed by atoms with Gasteiger partial charge >= 0.3 is 0 Å². The summed E-state index contributed by atoms with van der Waals surface area (Å²) < 4.78 is 0. The first-order valence-electron chi connectivity index (χ1n) is 8.42. The summed E-state index contributed by atoms with van der Waals surface area (Å²) in [6, 6.07) is 10.6. The summed E-state index contributed by atoms with van der Waals surface area (Å²) in [6.07, 6.45) is 3.70. The Hall–Kier alpha value is -2.80. The van der Waals surface area contributed by atoms with Crippen LogP contribution in [0.15, 0.2) is 48.8 Å². The van der Waals surface area contributed by atoms with Crippen molar-refractivity contribution < 1.29 is 9.59 Å². The fourth-order valence-corrected chi connectivity index (χ4v) is 3.44. The smallest absolute Gasteiger partial charge is 0.251 e. The second-order valence-corrected chi connectivity index (χ2v) is 6.19. The number of benzene rings is 1. The number of imide groups is 1. The predicted molar refractivity (Wildman–Crippen MR) is 93.2 cm³/mol. The molecule has 4 rings (SSSR count). The van der Waals surface area contributed by atoms with E-state index in [1.165, 1.54) is 4.90 Å². The summed E-state index contributed by atoms with van der Waals surface area (Å²) in [5.41, 5.74) is 0.649. The lowest BCUT2D eigenvalue weighted by molar-refractivity contribution is -0.123. The van der Waals surface area contributed by atoms with Gasteiger partial charge in [0.05, 0.1) is 18.2 Å². The number of nitrogens with zero attached hydrogens (tertiary/aromatic N) is 5. The van der Waals surface area contributed by atoms with Crippen LogP contribution < -0.4 is 9.80 Å². The van der Waals surface area contributed by atoms with Gasteiger partial charge in [-0.05, 0) is 18.2 Å². The van der Waals surface area contributed by atoms with Crippen LogP contribution in [0.4, 0.5) is 11.6 Å². The minimum absolute atomic E-state index is 0.124. The molecule has 0 bridgehead atoms. The fourth-order valence-electron chi connectivity index (χ4n) is 3.44. The molecule has 0 radical (unpaired) electrons. The molecule has 0 saturated carbocycles. The van der Waals surface area contributed by atoms with Crippen LogP contribution in [0.3, 0.4) is 0 Å². The Labute approximate surface area is 145 Å². The first-order valence-corrected chi connectivity index (χ1v) is 8.42. The van der Waals surface area contributed by atoms with E-state index < -0.39 is 0 Å². The second-order valence-electron chi connectivity index (χ2n) is 6.19. The number of carbonyl (C=O) groups excluding carboxylic acids is 2. The fraction of sp³-hybridized carbons (Fsp3) is 0.333. The molecular formula is C18H19N5O2. The van der Waals surface area contributed by atoms with Gasteiger partial charge < -0.3 is 4.90 Å². The van der Waals surface area contributed by atoms with E-state index in [0.717, 1.165) is 13.1 Å². The topological polar surface area (TPSA) is 69.6 Å². The maximum absolute atomic E-state index is 12.8. The molecule has 1 aromatic heterocycles. The van der Waals surface area contributed by atoms with Gasteiger partial charge in [0.1, 0.15) is 0 Å². The highest BCUT2D eigenvalue weighted by molar-refractivity contribution is 6.22. The number of anilines is 2. The van der Waals surface area contributed by atoms with Gasteiger partial charge in [-0.1, -0.05) is 18.2 Å². The molecule has 25 heavy (non-hydrogen) atoms. The van der Waals surface area contributed by atoms with E-state index in [0.29, 0.717) is 24.7 Å². The Bertz CT molecular complexity index is 760. The molecule has 2 aromatic rings. The van der Waals surface area contributed by atoms with Gasteiger partial charge in [-0.3, -0.25) is 14.5 Å². The number of carbonyl (C=O) groups is 2. The molecule has 1 aromatic carbocycles. The molecule has 0 N–H and O–H groups in total. The number of rotatable bonds is 3. The first-order chi connectivity index (χ1) is 12.2. The number of piperazine rings is 1. The van der Waals surface area contributed by atoms with E-state index in [2.05, 4.69) is 19.8 Å². The van der Waals surface area contributed by atoms with E-state index in [1.807, 2.05) is 18.2 Å². The minimum Gasteiger partial charge on any atom is -0.338 e. The Morgan fingerprint density at radius 1 is 0.880 bits per heavy atom. The van der Waals surface area contributed by atoms with Gasteiger partial charge in [0, 0.05) is 38.6 Å². The molecule has 2 fully saturated rings. The van der Waals surface area contributed by atoms with Crippen molar-refractivity contribution in [2.45, 2.75) is 12.5 Å². The third kappa shape index (κ3) is 2.98. The molecule has 2 aliphatic heterocycles. The van der Waals surface area contributed by atoms with Crippen LogP contribution in [0.5, 0.6) is 0 Å². The molecule has 1 unspecified atom stereocenters. The van der Waals surface area contributed by atoms with Crippen molar-refractivity contribution in [2.75, 3.05) is 36.0 Å². The monoisotopic (exact) mass is 337 g/mol. The molecule has 1 atom stereocenters. The second kappa shape index (κ2) is 6.60. The van der Waals surface area contributed by atoms with Crippen LogP contribution in [0.1, 0.15) is 6.42 Å². The zero-order valence-corrected chi connectivity index (χ0v) is 13.8. The molecule has 0 aliphatic carbocycles. The molecule has 7 heteroatoms. The summed E-state index contributed by atoms with van der Waals surface area (Å²) in [7, 11) is 0. The van der Waals surface area contributed by atoms with Crippen LogP contribution in [0.25, 0.3) is 0 Å².